The fourth-order valence-corrected chi connectivity index (χ4v) is 4.28. The lowest BCUT2D eigenvalue weighted by atomic mass is 9.98. The van der Waals surface area contributed by atoms with Crippen molar-refractivity contribution in [2.75, 3.05) is 13.2 Å². The Hall–Kier alpha value is -3.35. The number of carboxylic acids is 1. The topological polar surface area (TPSA) is 105 Å². The fraction of sp³-hybridized carbons (Fsp3) is 0.375. The van der Waals surface area contributed by atoms with E-state index < -0.39 is 18.1 Å². The number of ether oxygens (including phenoxy) is 1. The minimum atomic E-state index is -1.04. The molecule has 2 aromatic carbocycles. The largest absolute Gasteiger partial charge is 0.480 e. The van der Waals surface area contributed by atoms with E-state index in [4.69, 9.17) is 9.84 Å². The van der Waals surface area contributed by atoms with Crippen LogP contribution in [0.25, 0.3) is 11.1 Å². The van der Waals surface area contributed by atoms with Crippen molar-refractivity contribution in [3.63, 3.8) is 0 Å². The summed E-state index contributed by atoms with van der Waals surface area (Å²) in [5.74, 6) is -1.56. The Morgan fingerprint density at radius 3 is 2.26 bits per heavy atom. The van der Waals surface area contributed by atoms with E-state index in [1.54, 1.807) is 6.92 Å². The molecule has 2 aliphatic rings. The van der Waals surface area contributed by atoms with Crippen LogP contribution in [0.15, 0.2) is 48.5 Å². The van der Waals surface area contributed by atoms with E-state index in [0.29, 0.717) is 19.4 Å². The first-order valence-electron chi connectivity index (χ1n) is 10.6. The molecule has 4 rings (SSSR count). The minimum Gasteiger partial charge on any atom is -0.480 e. The molecular formula is C24H26N2O5. The SMILES string of the molecule is CC[C@@H](NC(=O)C1CC1CNC(=O)OCC1c2ccccc2-c2ccccc21)C(=O)O. The number of hydrogen-bond acceptors (Lipinski definition) is 4. The van der Waals surface area contributed by atoms with Gasteiger partial charge in [-0.25, -0.2) is 9.59 Å². The highest BCUT2D eigenvalue weighted by molar-refractivity contribution is 5.86. The molecule has 162 valence electrons. The Morgan fingerprint density at radius 2 is 1.68 bits per heavy atom. The molecule has 0 aromatic heterocycles. The van der Waals surface area contributed by atoms with Gasteiger partial charge in [0.05, 0.1) is 0 Å². The van der Waals surface area contributed by atoms with Crippen LogP contribution in [0.2, 0.25) is 0 Å². The lowest BCUT2D eigenvalue weighted by molar-refractivity contribution is -0.142. The maximum absolute atomic E-state index is 12.2. The molecule has 3 N–H and O–H groups in total. The first-order chi connectivity index (χ1) is 15.0. The number of carbonyl (C=O) groups is 3. The van der Waals surface area contributed by atoms with Gasteiger partial charge in [0, 0.05) is 18.4 Å². The van der Waals surface area contributed by atoms with Gasteiger partial charge in [0.25, 0.3) is 0 Å². The van der Waals surface area contributed by atoms with Crippen molar-refractivity contribution in [1.82, 2.24) is 10.6 Å². The average molecular weight is 422 g/mol. The van der Waals surface area contributed by atoms with Gasteiger partial charge < -0.3 is 20.5 Å². The van der Waals surface area contributed by atoms with Crippen molar-refractivity contribution in [2.45, 2.75) is 31.7 Å². The number of carboxylic acid groups (broad SMARTS) is 1. The van der Waals surface area contributed by atoms with E-state index in [0.717, 1.165) is 11.1 Å². The van der Waals surface area contributed by atoms with E-state index in [1.165, 1.54) is 11.1 Å². The van der Waals surface area contributed by atoms with Crippen LogP contribution < -0.4 is 10.6 Å². The molecule has 0 saturated heterocycles. The van der Waals surface area contributed by atoms with Crippen molar-refractivity contribution in [3.8, 4) is 11.1 Å². The summed E-state index contributed by atoms with van der Waals surface area (Å²) >= 11 is 0. The quantitative estimate of drug-likeness (QED) is 0.606. The maximum atomic E-state index is 12.2. The van der Waals surface area contributed by atoms with Gasteiger partial charge in [0.2, 0.25) is 5.91 Å². The van der Waals surface area contributed by atoms with Crippen LogP contribution in [0.3, 0.4) is 0 Å². The van der Waals surface area contributed by atoms with Crippen molar-refractivity contribution in [2.24, 2.45) is 11.8 Å². The second-order valence-corrected chi connectivity index (χ2v) is 8.12. The van der Waals surface area contributed by atoms with Gasteiger partial charge in [-0.2, -0.15) is 0 Å². The van der Waals surface area contributed by atoms with Gasteiger partial charge in [-0.3, -0.25) is 4.79 Å². The van der Waals surface area contributed by atoms with Crippen molar-refractivity contribution in [3.05, 3.63) is 59.7 Å². The third kappa shape index (κ3) is 4.40. The molecule has 0 radical (unpaired) electrons. The molecule has 2 aliphatic carbocycles. The Kier molecular flexibility index (Phi) is 5.93. The highest BCUT2D eigenvalue weighted by Crippen LogP contribution is 2.44. The summed E-state index contributed by atoms with van der Waals surface area (Å²) in [4.78, 5) is 35.4. The molecule has 1 fully saturated rings. The summed E-state index contributed by atoms with van der Waals surface area (Å²) in [7, 11) is 0. The van der Waals surface area contributed by atoms with Gasteiger partial charge in [-0.05, 0) is 41.0 Å². The number of aliphatic carboxylic acids is 1. The molecule has 31 heavy (non-hydrogen) atoms. The van der Waals surface area contributed by atoms with Crippen LogP contribution in [0.4, 0.5) is 4.79 Å². The number of hydrogen-bond donors (Lipinski definition) is 3. The molecule has 1 saturated carbocycles. The van der Waals surface area contributed by atoms with Gasteiger partial charge in [-0.1, -0.05) is 55.5 Å². The Labute approximate surface area is 180 Å². The van der Waals surface area contributed by atoms with Crippen molar-refractivity contribution in [1.29, 1.82) is 0 Å². The number of amides is 2. The number of alkyl carbamates (subject to hydrolysis) is 1. The van der Waals surface area contributed by atoms with E-state index >= 15 is 0 Å². The van der Waals surface area contributed by atoms with Crippen molar-refractivity contribution >= 4 is 18.0 Å². The van der Waals surface area contributed by atoms with Gasteiger partial charge >= 0.3 is 12.1 Å². The Morgan fingerprint density at radius 1 is 1.06 bits per heavy atom. The predicted molar refractivity (Wildman–Crippen MR) is 115 cm³/mol. The first kappa shape index (κ1) is 20.9. The molecule has 2 amide bonds. The molecule has 2 unspecified atom stereocenters. The van der Waals surface area contributed by atoms with Gasteiger partial charge in [0.15, 0.2) is 0 Å². The number of benzene rings is 2. The molecule has 0 bridgehead atoms. The number of carbonyl (C=O) groups excluding carboxylic acids is 2. The maximum Gasteiger partial charge on any atom is 0.407 e. The second kappa shape index (κ2) is 8.79. The zero-order valence-corrected chi connectivity index (χ0v) is 17.3. The molecule has 7 nitrogen and oxygen atoms in total. The van der Waals surface area contributed by atoms with Crippen LogP contribution in [-0.2, 0) is 14.3 Å². The molecular weight excluding hydrogens is 396 g/mol. The van der Waals surface area contributed by atoms with Crippen LogP contribution in [-0.4, -0.2) is 42.3 Å². The number of fused-ring (bicyclic) bond motifs is 3. The fourth-order valence-electron chi connectivity index (χ4n) is 4.28. The summed E-state index contributed by atoms with van der Waals surface area (Å²) < 4.78 is 5.50. The summed E-state index contributed by atoms with van der Waals surface area (Å²) in [6.45, 7) is 2.28. The minimum absolute atomic E-state index is 0.000373. The number of nitrogens with one attached hydrogen (secondary N) is 2. The van der Waals surface area contributed by atoms with Gasteiger partial charge in [0.1, 0.15) is 12.6 Å². The standard InChI is InChI=1S/C24H26N2O5/c1-2-21(23(28)29)26-22(27)19-11-14(19)12-25-24(30)31-13-20-17-9-5-3-7-15(17)16-8-4-6-10-18(16)20/h3-10,14,19-21H,2,11-13H2,1H3,(H,25,30)(H,26,27)(H,28,29)/t14?,19?,21-/m1/s1. The van der Waals surface area contributed by atoms with E-state index in [9.17, 15) is 14.4 Å². The monoisotopic (exact) mass is 422 g/mol. The van der Waals surface area contributed by atoms with E-state index in [-0.39, 0.29) is 30.3 Å². The normalized spacial score (nSPS) is 19.6. The second-order valence-electron chi connectivity index (χ2n) is 8.12. The van der Waals surface area contributed by atoms with Crippen LogP contribution in [0.5, 0.6) is 0 Å². The molecule has 0 spiro atoms. The molecule has 7 heteroatoms. The predicted octanol–water partition coefficient (Wildman–Crippen LogP) is 3.14. The van der Waals surface area contributed by atoms with Crippen molar-refractivity contribution < 1.29 is 24.2 Å². The Bertz CT molecular complexity index is 959. The zero-order valence-electron chi connectivity index (χ0n) is 17.3. The lowest BCUT2D eigenvalue weighted by Crippen LogP contribution is -2.41. The Balaban J connectivity index is 1.26. The average Bonchev–Trinajstić information content (AvgIpc) is 3.49. The van der Waals surface area contributed by atoms with E-state index in [2.05, 4.69) is 34.9 Å². The highest BCUT2D eigenvalue weighted by Gasteiger charge is 2.43. The zero-order chi connectivity index (χ0) is 22.0. The molecule has 0 aliphatic heterocycles. The van der Waals surface area contributed by atoms with Crippen LogP contribution in [0.1, 0.15) is 36.8 Å². The summed E-state index contributed by atoms with van der Waals surface area (Å²) in [6.07, 6.45) is 0.451. The number of rotatable bonds is 8. The summed E-state index contributed by atoms with van der Waals surface area (Å²) in [5.41, 5.74) is 4.65. The third-order valence-corrected chi connectivity index (χ3v) is 6.13. The summed E-state index contributed by atoms with van der Waals surface area (Å²) in [5, 5.41) is 14.3. The summed E-state index contributed by atoms with van der Waals surface area (Å²) in [6, 6.07) is 15.4. The lowest BCUT2D eigenvalue weighted by Gasteiger charge is -2.15. The molecule has 2 aromatic rings. The highest BCUT2D eigenvalue weighted by atomic mass is 16.5. The molecule has 0 heterocycles. The molecule has 3 atom stereocenters. The van der Waals surface area contributed by atoms with Crippen LogP contribution in [0, 0.1) is 11.8 Å². The first-order valence-corrected chi connectivity index (χ1v) is 10.6. The van der Waals surface area contributed by atoms with E-state index in [1.807, 2.05) is 24.3 Å². The smallest absolute Gasteiger partial charge is 0.407 e. The van der Waals surface area contributed by atoms with Crippen LogP contribution >= 0.6 is 0 Å². The van der Waals surface area contributed by atoms with Gasteiger partial charge in [-0.15, -0.1) is 0 Å². The third-order valence-electron chi connectivity index (χ3n) is 6.13.